The fraction of sp³-hybridized carbons (Fsp3) is 1.00. The number of alkyl halides is 9. The van der Waals surface area contributed by atoms with Crippen molar-refractivity contribution in [1.29, 1.82) is 0 Å². The van der Waals surface area contributed by atoms with E-state index in [1.165, 1.54) is 6.42 Å². The second kappa shape index (κ2) is 14.0. The fourth-order valence-corrected chi connectivity index (χ4v) is 3.71. The maximum Gasteiger partial charge on any atom is 0.460 e. The molecule has 33 heavy (non-hydrogen) atoms. The summed E-state index contributed by atoms with van der Waals surface area (Å²) in [6, 6.07) is 0. The Labute approximate surface area is 189 Å². The zero-order valence-corrected chi connectivity index (χ0v) is 18.8. The molecule has 1 rings (SSSR count). The Morgan fingerprint density at radius 3 is 1.70 bits per heavy atom. The molecule has 1 fully saturated rings. The summed E-state index contributed by atoms with van der Waals surface area (Å²) in [5, 5.41) is 0. The van der Waals surface area contributed by atoms with Crippen molar-refractivity contribution < 1.29 is 49.0 Å². The molecule has 198 valence electrons. The van der Waals surface area contributed by atoms with Crippen molar-refractivity contribution in [2.45, 2.75) is 120 Å². The van der Waals surface area contributed by atoms with Gasteiger partial charge in [0.25, 0.3) is 0 Å². The molecule has 1 atom stereocenters. The fourth-order valence-electron chi connectivity index (χ4n) is 3.71. The lowest BCUT2D eigenvalue weighted by atomic mass is 9.97. The van der Waals surface area contributed by atoms with Gasteiger partial charge in [0.2, 0.25) is 0 Å². The predicted molar refractivity (Wildman–Crippen MR) is 106 cm³/mol. The summed E-state index contributed by atoms with van der Waals surface area (Å²) < 4.78 is 126. The van der Waals surface area contributed by atoms with Crippen LogP contribution in [0.15, 0.2) is 0 Å². The highest BCUT2D eigenvalue weighted by Gasteiger charge is 2.81. The standard InChI is InChI=1S/C22H35F9O2/c23-19(24,20(25,26)21(27,28)22(29,30)31)14-9-6-4-2-1-3-5-7-10-15-32-17-13-18-12-8-11-16-33-18/h18H,1-17H2. The number of rotatable bonds is 17. The minimum absolute atomic E-state index is 0.0573. The smallest absolute Gasteiger partial charge is 0.381 e. The molecule has 0 aromatic rings. The van der Waals surface area contributed by atoms with Crippen LogP contribution in [0.25, 0.3) is 0 Å². The lowest BCUT2D eigenvalue weighted by Crippen LogP contribution is -2.60. The molecule has 0 bridgehead atoms. The van der Waals surface area contributed by atoms with Crippen molar-refractivity contribution >= 4 is 0 Å². The van der Waals surface area contributed by atoms with Gasteiger partial charge in [0.1, 0.15) is 0 Å². The quantitative estimate of drug-likeness (QED) is 0.147. The van der Waals surface area contributed by atoms with Gasteiger partial charge in [0.15, 0.2) is 0 Å². The highest BCUT2D eigenvalue weighted by Crippen LogP contribution is 2.54. The van der Waals surface area contributed by atoms with Gasteiger partial charge in [0, 0.05) is 26.2 Å². The first-order chi connectivity index (χ1) is 15.3. The SMILES string of the molecule is FC(F)(F)C(F)(F)C(F)(F)C(F)(F)CCCCCCCCCCCOCCC1CCCCO1. The van der Waals surface area contributed by atoms with Crippen LogP contribution in [0.1, 0.15) is 89.9 Å². The molecular formula is C22H35F9O2. The minimum Gasteiger partial charge on any atom is -0.381 e. The molecule has 1 aliphatic rings. The summed E-state index contributed by atoms with van der Waals surface area (Å²) in [5.74, 6) is -18.7. The van der Waals surface area contributed by atoms with Crippen LogP contribution in [0.3, 0.4) is 0 Å². The van der Waals surface area contributed by atoms with Crippen LogP contribution in [0, 0.1) is 0 Å². The van der Waals surface area contributed by atoms with Gasteiger partial charge in [-0.1, -0.05) is 44.9 Å². The molecule has 2 nitrogen and oxygen atoms in total. The average molecular weight is 503 g/mol. The van der Waals surface area contributed by atoms with Gasteiger partial charge in [-0.25, -0.2) is 0 Å². The lowest BCUT2D eigenvalue weighted by Gasteiger charge is -2.33. The molecule has 0 amide bonds. The highest BCUT2D eigenvalue weighted by atomic mass is 19.4. The van der Waals surface area contributed by atoms with Crippen molar-refractivity contribution in [3.8, 4) is 0 Å². The third-order valence-corrected chi connectivity index (χ3v) is 5.85. The summed E-state index contributed by atoms with van der Waals surface area (Å²) in [7, 11) is 0. The van der Waals surface area contributed by atoms with Gasteiger partial charge in [-0.2, -0.15) is 39.5 Å². The van der Waals surface area contributed by atoms with Crippen molar-refractivity contribution in [2.75, 3.05) is 19.8 Å². The molecular weight excluding hydrogens is 467 g/mol. The van der Waals surface area contributed by atoms with E-state index in [2.05, 4.69) is 0 Å². The first kappa shape index (κ1) is 30.3. The topological polar surface area (TPSA) is 18.5 Å². The van der Waals surface area contributed by atoms with E-state index in [0.717, 1.165) is 58.0 Å². The molecule has 1 unspecified atom stereocenters. The molecule has 1 aliphatic heterocycles. The van der Waals surface area contributed by atoms with Gasteiger partial charge in [-0.05, 0) is 38.5 Å². The second-order valence-corrected chi connectivity index (χ2v) is 8.67. The summed E-state index contributed by atoms with van der Waals surface area (Å²) in [6.45, 7) is 2.19. The van der Waals surface area contributed by atoms with Crippen LogP contribution in [0.5, 0.6) is 0 Å². The largest absolute Gasteiger partial charge is 0.460 e. The first-order valence-corrected chi connectivity index (χ1v) is 11.7. The molecule has 0 saturated carbocycles. The Morgan fingerprint density at radius 2 is 1.18 bits per heavy atom. The normalized spacial score (nSPS) is 18.6. The predicted octanol–water partition coefficient (Wildman–Crippen LogP) is 8.33. The molecule has 0 aromatic heterocycles. The van der Waals surface area contributed by atoms with Crippen LogP contribution >= 0.6 is 0 Å². The maximum absolute atomic E-state index is 13.4. The summed E-state index contributed by atoms with van der Waals surface area (Å²) >= 11 is 0. The molecule has 0 radical (unpaired) electrons. The van der Waals surface area contributed by atoms with Crippen molar-refractivity contribution in [3.05, 3.63) is 0 Å². The van der Waals surface area contributed by atoms with Crippen molar-refractivity contribution in [3.63, 3.8) is 0 Å². The summed E-state index contributed by atoms with van der Waals surface area (Å²) in [5.41, 5.74) is 0. The van der Waals surface area contributed by atoms with Gasteiger partial charge in [0.05, 0.1) is 6.10 Å². The Hall–Kier alpha value is -0.710. The second-order valence-electron chi connectivity index (χ2n) is 8.67. The van der Waals surface area contributed by atoms with E-state index in [4.69, 9.17) is 9.47 Å². The Morgan fingerprint density at radius 1 is 0.636 bits per heavy atom. The third kappa shape index (κ3) is 9.82. The molecule has 0 N–H and O–H groups in total. The van der Waals surface area contributed by atoms with Gasteiger partial charge in [-0.15, -0.1) is 0 Å². The number of ether oxygens (including phenoxy) is 2. The van der Waals surface area contributed by atoms with Gasteiger partial charge in [-0.3, -0.25) is 0 Å². The van der Waals surface area contributed by atoms with E-state index < -0.39 is 36.8 Å². The number of halogens is 9. The zero-order valence-electron chi connectivity index (χ0n) is 18.8. The molecule has 0 spiro atoms. The number of hydrogen-bond acceptors (Lipinski definition) is 2. The zero-order chi connectivity index (χ0) is 25.0. The first-order valence-electron chi connectivity index (χ1n) is 11.7. The molecule has 1 heterocycles. The van der Waals surface area contributed by atoms with E-state index in [1.54, 1.807) is 0 Å². The Bertz CT molecular complexity index is 518. The Balaban J connectivity index is 2.00. The molecule has 11 heteroatoms. The maximum atomic E-state index is 13.4. The monoisotopic (exact) mass is 502 g/mol. The van der Waals surface area contributed by atoms with Crippen molar-refractivity contribution in [1.82, 2.24) is 0 Å². The van der Waals surface area contributed by atoms with Crippen molar-refractivity contribution in [2.24, 2.45) is 0 Å². The average Bonchev–Trinajstić information content (AvgIpc) is 2.73. The highest BCUT2D eigenvalue weighted by molar-refractivity contribution is 5.00. The van der Waals surface area contributed by atoms with E-state index in [0.29, 0.717) is 32.2 Å². The molecule has 1 saturated heterocycles. The van der Waals surface area contributed by atoms with E-state index in [9.17, 15) is 39.5 Å². The third-order valence-electron chi connectivity index (χ3n) is 5.85. The minimum atomic E-state index is -6.79. The van der Waals surface area contributed by atoms with Crippen LogP contribution in [0.4, 0.5) is 39.5 Å². The van der Waals surface area contributed by atoms with Crippen LogP contribution in [-0.2, 0) is 9.47 Å². The number of hydrogen-bond donors (Lipinski definition) is 0. The van der Waals surface area contributed by atoms with Crippen LogP contribution < -0.4 is 0 Å². The lowest BCUT2D eigenvalue weighted by molar-refractivity contribution is -0.396. The van der Waals surface area contributed by atoms with E-state index >= 15 is 0 Å². The van der Waals surface area contributed by atoms with Crippen LogP contribution in [-0.4, -0.2) is 49.9 Å². The van der Waals surface area contributed by atoms with Gasteiger partial charge >= 0.3 is 23.9 Å². The van der Waals surface area contributed by atoms with E-state index in [1.807, 2.05) is 0 Å². The Kier molecular flexibility index (Phi) is 12.9. The summed E-state index contributed by atoms with van der Waals surface area (Å²) in [6.07, 6.45) is 1.31. The van der Waals surface area contributed by atoms with Crippen LogP contribution in [0.2, 0.25) is 0 Å². The molecule has 0 aromatic carbocycles. The van der Waals surface area contributed by atoms with E-state index in [-0.39, 0.29) is 6.42 Å². The number of unbranched alkanes of at least 4 members (excludes halogenated alkanes) is 8. The molecule has 0 aliphatic carbocycles. The summed E-state index contributed by atoms with van der Waals surface area (Å²) in [4.78, 5) is 0. The van der Waals surface area contributed by atoms with Gasteiger partial charge < -0.3 is 9.47 Å².